The van der Waals surface area contributed by atoms with E-state index in [1.54, 1.807) is 0 Å². The molecular formula is C18H20N8O5. The molecule has 2 aromatic carbocycles. The second kappa shape index (κ2) is 12.9. The summed E-state index contributed by atoms with van der Waals surface area (Å²) in [6, 6.07) is 7.69. The average Bonchev–Trinajstić information content (AvgIpc) is 2.72. The number of carboxylic acid groups (broad SMARTS) is 1. The second-order valence-corrected chi connectivity index (χ2v) is 5.84. The first kappa shape index (κ1) is 24.6. The third-order valence-corrected chi connectivity index (χ3v) is 3.67. The van der Waals surface area contributed by atoms with Gasteiger partial charge in [0, 0.05) is 27.7 Å². The van der Waals surface area contributed by atoms with Gasteiger partial charge in [-0.15, -0.1) is 0 Å². The van der Waals surface area contributed by atoms with Crippen molar-refractivity contribution in [2.45, 2.75) is 12.8 Å². The van der Waals surface area contributed by atoms with Crippen LogP contribution in [-0.2, 0) is 0 Å². The Morgan fingerprint density at radius 1 is 0.935 bits per heavy atom. The summed E-state index contributed by atoms with van der Waals surface area (Å²) in [5, 5.41) is 36.5. The van der Waals surface area contributed by atoms with Gasteiger partial charge in [-0.2, -0.15) is 0 Å². The summed E-state index contributed by atoms with van der Waals surface area (Å²) in [6.45, 7) is 1.09. The Bertz CT molecular complexity index is 1030. The topological polar surface area (TPSA) is 230 Å². The number of phenolic OH excluding ortho intramolecular Hbond substituents is 1. The highest BCUT2D eigenvalue weighted by Crippen LogP contribution is 2.24. The minimum Gasteiger partial charge on any atom is -0.507 e. The molecule has 2 rings (SSSR count). The molecule has 31 heavy (non-hydrogen) atoms. The Balaban J connectivity index is 0.000000327. The fraction of sp³-hybridized carbons (Fsp3) is 0.222. The van der Waals surface area contributed by atoms with E-state index < -0.39 is 11.7 Å². The largest absolute Gasteiger partial charge is 0.507 e. The van der Waals surface area contributed by atoms with Crippen LogP contribution in [0.4, 0.5) is 11.4 Å². The van der Waals surface area contributed by atoms with E-state index in [4.69, 9.17) is 27.0 Å². The number of phenols is 2. The maximum atomic E-state index is 11.7. The number of nitrogens with zero attached hydrogens (tertiary/aromatic N) is 6. The zero-order valence-electron chi connectivity index (χ0n) is 16.2. The number of amides is 1. The number of nitrogens with two attached hydrogens (primary N) is 1. The van der Waals surface area contributed by atoms with Crippen LogP contribution in [0.5, 0.6) is 11.5 Å². The summed E-state index contributed by atoms with van der Waals surface area (Å²) >= 11 is 0. The lowest BCUT2D eigenvalue weighted by molar-refractivity contribution is 0.0693. The molecule has 0 spiro atoms. The first-order valence-corrected chi connectivity index (χ1v) is 8.81. The van der Waals surface area contributed by atoms with Crippen molar-refractivity contribution in [2.75, 3.05) is 13.1 Å². The van der Waals surface area contributed by atoms with Gasteiger partial charge in [0.1, 0.15) is 17.1 Å². The zero-order chi connectivity index (χ0) is 23.2. The smallest absolute Gasteiger partial charge is 0.339 e. The van der Waals surface area contributed by atoms with Crippen LogP contribution in [0.1, 0.15) is 33.6 Å². The van der Waals surface area contributed by atoms with Crippen LogP contribution >= 0.6 is 0 Å². The third-order valence-electron chi connectivity index (χ3n) is 3.67. The molecule has 0 radical (unpaired) electrons. The summed E-state index contributed by atoms with van der Waals surface area (Å²) in [6.07, 6.45) is 1.63. The number of azide groups is 2. The van der Waals surface area contributed by atoms with E-state index in [-0.39, 0.29) is 34.2 Å². The van der Waals surface area contributed by atoms with Gasteiger partial charge in [-0.1, -0.05) is 22.4 Å². The van der Waals surface area contributed by atoms with Gasteiger partial charge in [0.2, 0.25) is 0 Å². The third kappa shape index (κ3) is 8.21. The van der Waals surface area contributed by atoms with Crippen LogP contribution in [0.15, 0.2) is 46.6 Å². The van der Waals surface area contributed by atoms with Gasteiger partial charge >= 0.3 is 5.97 Å². The highest BCUT2D eigenvalue weighted by molar-refractivity contribution is 5.97. The van der Waals surface area contributed by atoms with E-state index >= 15 is 0 Å². The molecule has 0 aliphatic rings. The molecular weight excluding hydrogens is 408 g/mol. The van der Waals surface area contributed by atoms with E-state index in [0.29, 0.717) is 13.1 Å². The molecule has 0 fully saturated rings. The molecule has 0 aliphatic carbocycles. The van der Waals surface area contributed by atoms with E-state index in [1.807, 2.05) is 0 Å². The summed E-state index contributed by atoms with van der Waals surface area (Å²) < 4.78 is 0. The standard InChI is InChI=1S/C11H15N5O2.C7H5N3O3/c12-5-1-2-6-14-11(18)9-4-3-8(15-16-13)7-10(9)17;8-10-9-4-1-2-5(7(12)13)6(11)3-4/h3-4,7,17H,1-2,5-6,12H2,(H,14,18);1-3,11H,(H,12,13). The molecule has 0 atom stereocenters. The predicted molar refractivity (Wildman–Crippen MR) is 111 cm³/mol. The first-order valence-electron chi connectivity index (χ1n) is 8.81. The monoisotopic (exact) mass is 428 g/mol. The number of carboxylic acids is 1. The molecule has 0 bridgehead atoms. The molecule has 6 N–H and O–H groups in total. The average molecular weight is 428 g/mol. The number of carbonyl (C=O) groups excluding carboxylic acids is 1. The highest BCUT2D eigenvalue weighted by Gasteiger charge is 2.10. The first-order chi connectivity index (χ1) is 14.8. The van der Waals surface area contributed by atoms with Gasteiger partial charge in [0.05, 0.1) is 5.56 Å². The summed E-state index contributed by atoms with van der Waals surface area (Å²) in [7, 11) is 0. The minimum atomic E-state index is -1.23. The van der Waals surface area contributed by atoms with Crippen molar-refractivity contribution in [3.63, 3.8) is 0 Å². The number of hydrogen-bond acceptors (Lipinski definition) is 7. The Morgan fingerprint density at radius 2 is 1.45 bits per heavy atom. The Kier molecular flexibility index (Phi) is 10.2. The lowest BCUT2D eigenvalue weighted by Crippen LogP contribution is -2.24. The number of aromatic hydroxyl groups is 2. The minimum absolute atomic E-state index is 0.152. The molecule has 0 heterocycles. The van der Waals surface area contributed by atoms with Crippen LogP contribution in [0.25, 0.3) is 20.9 Å². The van der Waals surface area contributed by atoms with E-state index in [1.165, 1.54) is 30.3 Å². The summed E-state index contributed by atoms with van der Waals surface area (Å²) in [4.78, 5) is 27.2. The molecule has 13 heteroatoms. The van der Waals surface area contributed by atoms with Gasteiger partial charge in [0.15, 0.2) is 0 Å². The fourth-order valence-corrected chi connectivity index (χ4v) is 2.21. The summed E-state index contributed by atoms with van der Waals surface area (Å²) in [5.74, 6) is -2.23. The molecule has 162 valence electrons. The number of nitrogens with one attached hydrogen (secondary N) is 1. The van der Waals surface area contributed by atoms with Crippen LogP contribution in [0.3, 0.4) is 0 Å². The Labute approximate surface area is 176 Å². The van der Waals surface area contributed by atoms with Crippen LogP contribution in [0.2, 0.25) is 0 Å². The molecule has 13 nitrogen and oxygen atoms in total. The maximum absolute atomic E-state index is 11.7. The van der Waals surface area contributed by atoms with Crippen LogP contribution in [0, 0.1) is 0 Å². The molecule has 0 unspecified atom stereocenters. The van der Waals surface area contributed by atoms with Gasteiger partial charge in [0.25, 0.3) is 5.91 Å². The van der Waals surface area contributed by atoms with E-state index in [9.17, 15) is 14.7 Å². The molecule has 1 amide bonds. The van der Waals surface area contributed by atoms with E-state index in [2.05, 4.69) is 25.4 Å². The van der Waals surface area contributed by atoms with Crippen molar-refractivity contribution in [1.29, 1.82) is 0 Å². The Morgan fingerprint density at radius 3 is 1.87 bits per heavy atom. The number of unbranched alkanes of at least 4 members (excludes halogenated alkanes) is 1. The van der Waals surface area contributed by atoms with Crippen molar-refractivity contribution < 1.29 is 24.9 Å². The molecule has 2 aromatic rings. The van der Waals surface area contributed by atoms with Gasteiger partial charge in [-0.05, 0) is 54.7 Å². The maximum Gasteiger partial charge on any atom is 0.339 e. The predicted octanol–water partition coefficient (Wildman–Crippen LogP) is 3.83. The fourth-order valence-electron chi connectivity index (χ4n) is 2.21. The van der Waals surface area contributed by atoms with Crippen molar-refractivity contribution in [3.05, 3.63) is 68.4 Å². The number of carbonyl (C=O) groups is 2. The van der Waals surface area contributed by atoms with Gasteiger partial charge < -0.3 is 26.4 Å². The Hall–Kier alpha value is -4.44. The van der Waals surface area contributed by atoms with E-state index in [0.717, 1.165) is 18.9 Å². The zero-order valence-corrected chi connectivity index (χ0v) is 16.2. The van der Waals surface area contributed by atoms with Gasteiger partial charge in [-0.3, -0.25) is 4.79 Å². The van der Waals surface area contributed by atoms with Crippen LogP contribution in [-0.4, -0.2) is 40.3 Å². The SMILES string of the molecule is [N-]=[N+]=Nc1ccc(C(=O)NCCCCN)c(O)c1.[N-]=[N+]=Nc1ccc(C(=O)O)c(O)c1. The lowest BCUT2D eigenvalue weighted by Gasteiger charge is -2.06. The van der Waals surface area contributed by atoms with Gasteiger partial charge in [-0.25, -0.2) is 4.79 Å². The highest BCUT2D eigenvalue weighted by atomic mass is 16.4. The van der Waals surface area contributed by atoms with Crippen LogP contribution < -0.4 is 11.1 Å². The number of aromatic carboxylic acids is 1. The molecule has 0 aliphatic heterocycles. The lowest BCUT2D eigenvalue weighted by atomic mass is 10.1. The van der Waals surface area contributed by atoms with Crippen molar-refractivity contribution in [3.8, 4) is 11.5 Å². The van der Waals surface area contributed by atoms with Crippen molar-refractivity contribution in [2.24, 2.45) is 16.0 Å². The molecule has 0 saturated carbocycles. The summed E-state index contributed by atoms with van der Waals surface area (Å²) in [5.41, 5.74) is 22.0. The second-order valence-electron chi connectivity index (χ2n) is 5.84. The normalized spacial score (nSPS) is 9.32. The molecule has 0 saturated heterocycles. The number of hydrogen-bond donors (Lipinski definition) is 5. The molecule has 0 aromatic heterocycles. The van der Waals surface area contributed by atoms with Crippen molar-refractivity contribution in [1.82, 2.24) is 5.32 Å². The number of rotatable bonds is 8. The quantitative estimate of drug-likeness (QED) is 0.181. The van der Waals surface area contributed by atoms with Crippen molar-refractivity contribution >= 4 is 23.3 Å². The number of benzene rings is 2.